The summed E-state index contributed by atoms with van der Waals surface area (Å²) in [4.78, 5) is 14.6. The van der Waals surface area contributed by atoms with E-state index in [0.717, 1.165) is 48.9 Å². The molecule has 0 unspecified atom stereocenters. The lowest BCUT2D eigenvalue weighted by molar-refractivity contribution is 0.196. The average molecular weight is 422 g/mol. The Kier molecular flexibility index (Phi) is 4.62. The van der Waals surface area contributed by atoms with Gasteiger partial charge in [-0.15, -0.1) is 20.4 Å². The van der Waals surface area contributed by atoms with E-state index in [2.05, 4.69) is 46.1 Å². The molecule has 0 bridgehead atoms. The van der Waals surface area contributed by atoms with Crippen LogP contribution in [0.1, 0.15) is 56.9 Å². The maximum atomic E-state index is 12.2. The predicted octanol–water partition coefficient (Wildman–Crippen LogP) is 1.54. The summed E-state index contributed by atoms with van der Waals surface area (Å²) in [6.45, 7) is 8.97. The van der Waals surface area contributed by atoms with Crippen molar-refractivity contribution in [2.75, 3.05) is 13.1 Å². The van der Waals surface area contributed by atoms with Gasteiger partial charge in [0, 0.05) is 30.8 Å². The van der Waals surface area contributed by atoms with E-state index in [9.17, 15) is 4.79 Å². The Labute approximate surface area is 179 Å². The van der Waals surface area contributed by atoms with Gasteiger partial charge in [-0.1, -0.05) is 20.8 Å². The van der Waals surface area contributed by atoms with Gasteiger partial charge < -0.3 is 4.57 Å². The maximum Gasteiger partial charge on any atom is 0.295 e. The molecule has 0 amide bonds. The third kappa shape index (κ3) is 3.50. The molecule has 4 aromatic heterocycles. The van der Waals surface area contributed by atoms with Gasteiger partial charge in [-0.25, -0.2) is 0 Å². The number of likely N-dealkylation sites (tertiary alicyclic amines) is 1. The van der Waals surface area contributed by atoms with Crippen molar-refractivity contribution in [2.24, 2.45) is 7.05 Å². The highest BCUT2D eigenvalue weighted by Gasteiger charge is 2.27. The first-order valence-electron chi connectivity index (χ1n) is 10.7. The van der Waals surface area contributed by atoms with Crippen LogP contribution in [0.15, 0.2) is 29.3 Å². The Balaban J connectivity index is 1.32. The molecule has 31 heavy (non-hydrogen) atoms. The zero-order chi connectivity index (χ0) is 21.8. The van der Waals surface area contributed by atoms with Gasteiger partial charge in [-0.2, -0.15) is 9.61 Å². The summed E-state index contributed by atoms with van der Waals surface area (Å²) < 4.78 is 5.22. The SMILES string of the molecule is Cn1ccn2c(CN3CCC(c4nnc5ccc(C(C)(C)C)nn45)CC3)nnc2c1=O. The van der Waals surface area contributed by atoms with Gasteiger partial charge in [0.25, 0.3) is 5.56 Å². The molecular weight excluding hydrogens is 394 g/mol. The summed E-state index contributed by atoms with van der Waals surface area (Å²) in [5.41, 5.74) is 2.03. The van der Waals surface area contributed by atoms with Gasteiger partial charge in [0.1, 0.15) is 0 Å². The fourth-order valence-corrected chi connectivity index (χ4v) is 4.14. The second-order valence-corrected chi connectivity index (χ2v) is 9.37. The summed E-state index contributed by atoms with van der Waals surface area (Å²) in [5.74, 6) is 2.05. The fourth-order valence-electron chi connectivity index (χ4n) is 4.14. The first-order chi connectivity index (χ1) is 14.8. The van der Waals surface area contributed by atoms with Crippen LogP contribution in [0.4, 0.5) is 0 Å². The molecule has 0 aromatic carbocycles. The lowest BCUT2D eigenvalue weighted by Crippen LogP contribution is -2.34. The topological polar surface area (TPSA) is 98.5 Å². The molecular formula is C21H27N9O. The molecule has 0 atom stereocenters. The standard InChI is InChI=1S/C21H27N9O/c1-21(2,3)15-5-6-16-22-24-18(30(16)26-15)14-7-9-28(10-8-14)13-17-23-25-19-20(31)27(4)11-12-29(17)19/h5-6,11-12,14H,7-10,13H2,1-4H3. The number of aryl methyl sites for hydroxylation is 1. The number of hydrogen-bond acceptors (Lipinski definition) is 7. The molecule has 0 radical (unpaired) electrons. The smallest absolute Gasteiger partial charge is 0.295 e. The molecule has 5 heterocycles. The number of aromatic nitrogens is 8. The summed E-state index contributed by atoms with van der Waals surface area (Å²) in [7, 11) is 1.72. The molecule has 1 saturated heterocycles. The van der Waals surface area contributed by atoms with Crippen molar-refractivity contribution in [3.05, 3.63) is 52.2 Å². The van der Waals surface area contributed by atoms with Crippen LogP contribution in [0.5, 0.6) is 0 Å². The van der Waals surface area contributed by atoms with E-state index in [1.54, 1.807) is 17.6 Å². The lowest BCUT2D eigenvalue weighted by atomic mass is 9.92. The van der Waals surface area contributed by atoms with Crippen LogP contribution in [0.2, 0.25) is 0 Å². The Morgan fingerprint density at radius 3 is 2.55 bits per heavy atom. The minimum Gasteiger partial charge on any atom is -0.314 e. The molecule has 4 aromatic rings. The van der Waals surface area contributed by atoms with E-state index in [1.165, 1.54) is 4.57 Å². The number of rotatable bonds is 3. The first kappa shape index (κ1) is 19.8. The Hall–Kier alpha value is -3.14. The van der Waals surface area contributed by atoms with E-state index in [0.29, 0.717) is 18.1 Å². The van der Waals surface area contributed by atoms with Crippen molar-refractivity contribution in [3.8, 4) is 0 Å². The van der Waals surface area contributed by atoms with E-state index in [1.807, 2.05) is 22.8 Å². The monoisotopic (exact) mass is 421 g/mol. The van der Waals surface area contributed by atoms with Crippen LogP contribution < -0.4 is 5.56 Å². The van der Waals surface area contributed by atoms with Gasteiger partial charge in [0.05, 0.1) is 12.2 Å². The molecule has 1 aliphatic heterocycles. The third-order valence-corrected chi connectivity index (χ3v) is 6.09. The van der Waals surface area contributed by atoms with Crippen LogP contribution in [0, 0.1) is 0 Å². The molecule has 10 heteroatoms. The Morgan fingerprint density at radius 2 is 1.81 bits per heavy atom. The summed E-state index contributed by atoms with van der Waals surface area (Å²) >= 11 is 0. The highest BCUT2D eigenvalue weighted by molar-refractivity contribution is 5.38. The van der Waals surface area contributed by atoms with Crippen LogP contribution in [-0.2, 0) is 19.0 Å². The quantitative estimate of drug-likeness (QED) is 0.495. The molecule has 0 spiro atoms. The minimum atomic E-state index is -0.138. The van der Waals surface area contributed by atoms with Crippen LogP contribution in [0.3, 0.4) is 0 Å². The number of nitrogens with zero attached hydrogens (tertiary/aromatic N) is 9. The number of piperidine rings is 1. The van der Waals surface area contributed by atoms with Crippen LogP contribution in [0.25, 0.3) is 11.3 Å². The molecule has 10 nitrogen and oxygen atoms in total. The Bertz CT molecular complexity index is 1300. The van der Waals surface area contributed by atoms with Gasteiger partial charge >= 0.3 is 0 Å². The lowest BCUT2D eigenvalue weighted by Gasteiger charge is -2.30. The van der Waals surface area contributed by atoms with Gasteiger partial charge in [-0.3, -0.25) is 14.1 Å². The first-order valence-corrected chi connectivity index (χ1v) is 10.7. The maximum absolute atomic E-state index is 12.2. The Morgan fingerprint density at radius 1 is 1.03 bits per heavy atom. The zero-order valence-corrected chi connectivity index (χ0v) is 18.4. The van der Waals surface area contributed by atoms with Gasteiger partial charge in [-0.05, 0) is 38.1 Å². The van der Waals surface area contributed by atoms with Crippen molar-refractivity contribution in [3.63, 3.8) is 0 Å². The molecule has 162 valence electrons. The highest BCUT2D eigenvalue weighted by atomic mass is 16.1. The van der Waals surface area contributed by atoms with E-state index < -0.39 is 0 Å². The van der Waals surface area contributed by atoms with Crippen molar-refractivity contribution >= 4 is 11.3 Å². The summed E-state index contributed by atoms with van der Waals surface area (Å²) in [5, 5.41) is 22.0. The van der Waals surface area contributed by atoms with E-state index in [4.69, 9.17) is 5.10 Å². The average Bonchev–Trinajstić information content (AvgIpc) is 3.35. The van der Waals surface area contributed by atoms with Crippen molar-refractivity contribution in [1.29, 1.82) is 0 Å². The van der Waals surface area contributed by atoms with E-state index in [-0.39, 0.29) is 11.0 Å². The normalized spacial score (nSPS) is 16.5. The predicted molar refractivity (Wildman–Crippen MR) is 115 cm³/mol. The molecule has 0 saturated carbocycles. The van der Waals surface area contributed by atoms with Gasteiger partial charge in [0.2, 0.25) is 5.65 Å². The molecule has 1 fully saturated rings. The second kappa shape index (κ2) is 7.23. The highest BCUT2D eigenvalue weighted by Crippen LogP contribution is 2.28. The van der Waals surface area contributed by atoms with E-state index >= 15 is 0 Å². The van der Waals surface area contributed by atoms with Crippen molar-refractivity contribution in [2.45, 2.75) is 51.5 Å². The van der Waals surface area contributed by atoms with Crippen LogP contribution >= 0.6 is 0 Å². The molecule has 0 aliphatic carbocycles. The summed E-state index contributed by atoms with van der Waals surface area (Å²) in [6, 6.07) is 4.03. The summed E-state index contributed by atoms with van der Waals surface area (Å²) in [6.07, 6.45) is 5.53. The largest absolute Gasteiger partial charge is 0.314 e. The fraction of sp³-hybridized carbons (Fsp3) is 0.524. The molecule has 5 rings (SSSR count). The number of fused-ring (bicyclic) bond motifs is 2. The molecule has 0 N–H and O–H groups in total. The second-order valence-electron chi connectivity index (χ2n) is 9.37. The van der Waals surface area contributed by atoms with Crippen molar-refractivity contribution < 1.29 is 0 Å². The number of hydrogen-bond donors (Lipinski definition) is 0. The molecule has 1 aliphatic rings. The van der Waals surface area contributed by atoms with Crippen LogP contribution in [-0.4, -0.2) is 57.0 Å². The zero-order valence-electron chi connectivity index (χ0n) is 18.4. The van der Waals surface area contributed by atoms with Gasteiger partial charge in [0.15, 0.2) is 17.3 Å². The van der Waals surface area contributed by atoms with Crippen molar-refractivity contribution in [1.82, 2.24) is 43.9 Å². The third-order valence-electron chi connectivity index (χ3n) is 6.09. The minimum absolute atomic E-state index is 0.0267.